The van der Waals surface area contributed by atoms with Crippen molar-refractivity contribution < 1.29 is 17.7 Å². The minimum atomic E-state index is -4.61. The summed E-state index contributed by atoms with van der Waals surface area (Å²) in [6, 6.07) is 7.67. The first-order chi connectivity index (χ1) is 9.52. The zero-order chi connectivity index (χ0) is 14.2. The summed E-state index contributed by atoms with van der Waals surface area (Å²) in [6.45, 7) is 0.755. The Morgan fingerprint density at radius 1 is 1.20 bits per heavy atom. The second-order valence-electron chi connectivity index (χ2n) is 4.77. The Hall–Kier alpha value is -1.89. The highest BCUT2D eigenvalue weighted by molar-refractivity contribution is 5.54. The van der Waals surface area contributed by atoms with Gasteiger partial charge in [-0.05, 0) is 18.4 Å². The third-order valence-corrected chi connectivity index (χ3v) is 3.05. The Labute approximate surface area is 113 Å². The fraction of sp³-hybridized carbons (Fsp3) is 0.385. The molecule has 106 valence electrons. The molecule has 0 amide bonds. The van der Waals surface area contributed by atoms with Crippen LogP contribution in [-0.2, 0) is 12.7 Å². The maximum absolute atomic E-state index is 12.4. The Bertz CT molecular complexity index is 588. The maximum Gasteiger partial charge on any atom is 0.471 e. The summed E-state index contributed by atoms with van der Waals surface area (Å²) in [4.78, 5) is 3.35. The van der Waals surface area contributed by atoms with Gasteiger partial charge in [0.15, 0.2) is 0 Å². The van der Waals surface area contributed by atoms with Gasteiger partial charge >= 0.3 is 12.1 Å². The van der Waals surface area contributed by atoms with Crippen LogP contribution in [-0.4, -0.2) is 16.2 Å². The molecule has 7 heteroatoms. The van der Waals surface area contributed by atoms with Crippen molar-refractivity contribution in [1.82, 2.24) is 15.5 Å². The molecule has 1 aromatic carbocycles. The number of aromatic nitrogens is 2. The van der Waals surface area contributed by atoms with Gasteiger partial charge in [0.25, 0.3) is 0 Å². The quantitative estimate of drug-likeness (QED) is 0.937. The van der Waals surface area contributed by atoms with E-state index in [9.17, 15) is 13.2 Å². The number of nitrogens with zero attached hydrogens (tertiary/aromatic N) is 2. The maximum atomic E-state index is 12.4. The van der Waals surface area contributed by atoms with E-state index >= 15 is 0 Å². The Morgan fingerprint density at radius 3 is 2.45 bits per heavy atom. The fourth-order valence-electron chi connectivity index (χ4n) is 1.78. The van der Waals surface area contributed by atoms with Crippen LogP contribution < -0.4 is 5.32 Å². The van der Waals surface area contributed by atoms with Crippen molar-refractivity contribution in [1.29, 1.82) is 0 Å². The molecule has 0 spiro atoms. The molecule has 0 aliphatic heterocycles. The van der Waals surface area contributed by atoms with Gasteiger partial charge in [-0.3, -0.25) is 0 Å². The van der Waals surface area contributed by atoms with Crippen LogP contribution in [0.25, 0.3) is 11.4 Å². The first-order valence-corrected chi connectivity index (χ1v) is 6.26. The van der Waals surface area contributed by atoms with E-state index < -0.39 is 12.1 Å². The number of hydrogen-bond donors (Lipinski definition) is 1. The number of alkyl halides is 3. The fourth-order valence-corrected chi connectivity index (χ4v) is 1.78. The third kappa shape index (κ3) is 2.98. The lowest BCUT2D eigenvalue weighted by Crippen LogP contribution is -2.15. The molecule has 1 aromatic heterocycles. The van der Waals surface area contributed by atoms with Gasteiger partial charge < -0.3 is 9.84 Å². The smallest absolute Gasteiger partial charge is 0.329 e. The average Bonchev–Trinajstić information content (AvgIpc) is 3.09. The molecule has 1 heterocycles. The van der Waals surface area contributed by atoms with Gasteiger partial charge in [-0.15, -0.1) is 0 Å². The number of benzene rings is 1. The van der Waals surface area contributed by atoms with E-state index in [0.29, 0.717) is 11.6 Å². The highest BCUT2D eigenvalue weighted by atomic mass is 19.4. The minimum absolute atomic E-state index is 0.0565. The molecule has 1 aliphatic rings. The van der Waals surface area contributed by atoms with Gasteiger partial charge in [0.1, 0.15) is 0 Å². The van der Waals surface area contributed by atoms with E-state index in [4.69, 9.17) is 0 Å². The van der Waals surface area contributed by atoms with Gasteiger partial charge in [0.05, 0.1) is 0 Å². The van der Waals surface area contributed by atoms with Gasteiger partial charge in [0.2, 0.25) is 5.82 Å². The zero-order valence-electron chi connectivity index (χ0n) is 10.4. The molecule has 0 saturated heterocycles. The Kier molecular flexibility index (Phi) is 3.21. The van der Waals surface area contributed by atoms with Crippen LogP contribution in [0, 0.1) is 0 Å². The lowest BCUT2D eigenvalue weighted by Gasteiger charge is -2.03. The summed E-state index contributed by atoms with van der Waals surface area (Å²) in [6.07, 6.45) is -2.19. The van der Waals surface area contributed by atoms with Crippen LogP contribution in [0.5, 0.6) is 0 Å². The lowest BCUT2D eigenvalue weighted by atomic mass is 10.1. The number of hydrogen-bond acceptors (Lipinski definition) is 4. The average molecular weight is 283 g/mol. The largest absolute Gasteiger partial charge is 0.471 e. The summed E-state index contributed by atoms with van der Waals surface area (Å²) >= 11 is 0. The van der Waals surface area contributed by atoms with E-state index in [0.717, 1.165) is 12.1 Å². The number of rotatable bonds is 4. The van der Waals surface area contributed by atoms with E-state index in [2.05, 4.69) is 20.0 Å². The standard InChI is InChI=1S/C13H12F3N3O/c14-13(15,16)12-18-11(19-20-12)9-3-1-8(2-4-9)7-17-10-5-6-10/h1-4,10,17H,5-7H2. The van der Waals surface area contributed by atoms with Crippen LogP contribution in [0.3, 0.4) is 0 Å². The summed E-state index contributed by atoms with van der Waals surface area (Å²) < 4.78 is 41.3. The highest BCUT2D eigenvalue weighted by Gasteiger charge is 2.38. The van der Waals surface area contributed by atoms with Crippen molar-refractivity contribution in [3.05, 3.63) is 35.7 Å². The van der Waals surface area contributed by atoms with Crippen molar-refractivity contribution in [2.45, 2.75) is 31.6 Å². The van der Waals surface area contributed by atoms with Gasteiger partial charge in [-0.1, -0.05) is 29.4 Å². The molecule has 0 bridgehead atoms. The molecule has 1 N–H and O–H groups in total. The van der Waals surface area contributed by atoms with E-state index in [1.807, 2.05) is 12.1 Å². The molecular formula is C13H12F3N3O. The minimum Gasteiger partial charge on any atom is -0.329 e. The first kappa shape index (κ1) is 13.1. The van der Waals surface area contributed by atoms with E-state index in [1.54, 1.807) is 12.1 Å². The summed E-state index contributed by atoms with van der Waals surface area (Å²) in [5.74, 6) is -1.38. The van der Waals surface area contributed by atoms with E-state index in [-0.39, 0.29) is 5.82 Å². The molecule has 1 fully saturated rings. The van der Waals surface area contributed by atoms with Gasteiger partial charge in [-0.25, -0.2) is 0 Å². The van der Waals surface area contributed by atoms with Crippen molar-refractivity contribution in [2.75, 3.05) is 0 Å². The Balaban J connectivity index is 1.71. The van der Waals surface area contributed by atoms with Crippen molar-refractivity contribution in [3.63, 3.8) is 0 Å². The van der Waals surface area contributed by atoms with Crippen LogP contribution in [0.2, 0.25) is 0 Å². The third-order valence-electron chi connectivity index (χ3n) is 3.05. The molecule has 0 radical (unpaired) electrons. The predicted molar refractivity (Wildman–Crippen MR) is 64.6 cm³/mol. The van der Waals surface area contributed by atoms with Crippen LogP contribution in [0.1, 0.15) is 24.3 Å². The van der Waals surface area contributed by atoms with Crippen molar-refractivity contribution >= 4 is 0 Å². The molecule has 3 rings (SSSR count). The number of nitrogens with one attached hydrogen (secondary N) is 1. The topological polar surface area (TPSA) is 51.0 Å². The van der Waals surface area contributed by atoms with E-state index in [1.165, 1.54) is 12.8 Å². The summed E-state index contributed by atoms with van der Waals surface area (Å²) in [7, 11) is 0. The highest BCUT2D eigenvalue weighted by Crippen LogP contribution is 2.29. The molecule has 1 aliphatic carbocycles. The molecule has 4 nitrogen and oxygen atoms in total. The van der Waals surface area contributed by atoms with Crippen LogP contribution >= 0.6 is 0 Å². The normalized spacial score (nSPS) is 15.6. The second kappa shape index (κ2) is 4.90. The molecular weight excluding hydrogens is 271 g/mol. The summed E-state index contributed by atoms with van der Waals surface area (Å²) in [5, 5.41) is 6.70. The first-order valence-electron chi connectivity index (χ1n) is 6.26. The Morgan fingerprint density at radius 2 is 1.90 bits per heavy atom. The van der Waals surface area contributed by atoms with Crippen molar-refractivity contribution in [2.24, 2.45) is 0 Å². The lowest BCUT2D eigenvalue weighted by molar-refractivity contribution is -0.159. The molecule has 2 aromatic rings. The monoisotopic (exact) mass is 283 g/mol. The van der Waals surface area contributed by atoms with Gasteiger partial charge in [-0.2, -0.15) is 18.2 Å². The second-order valence-corrected chi connectivity index (χ2v) is 4.77. The SMILES string of the molecule is FC(F)(F)c1nc(-c2ccc(CNC3CC3)cc2)no1. The molecule has 0 atom stereocenters. The summed E-state index contributed by atoms with van der Waals surface area (Å²) in [5.41, 5.74) is 1.57. The van der Waals surface area contributed by atoms with Crippen molar-refractivity contribution in [3.8, 4) is 11.4 Å². The number of halogens is 3. The van der Waals surface area contributed by atoms with Gasteiger partial charge in [0, 0.05) is 18.2 Å². The molecule has 0 unspecified atom stereocenters. The van der Waals surface area contributed by atoms with Crippen LogP contribution in [0.4, 0.5) is 13.2 Å². The molecule has 1 saturated carbocycles. The zero-order valence-corrected chi connectivity index (χ0v) is 10.4. The predicted octanol–water partition coefficient (Wildman–Crippen LogP) is 3.01. The van der Waals surface area contributed by atoms with Crippen LogP contribution in [0.15, 0.2) is 28.8 Å². The molecule has 20 heavy (non-hydrogen) atoms.